The average Bonchev–Trinajstić information content (AvgIpc) is 3.04. The van der Waals surface area contributed by atoms with Gasteiger partial charge in [0.15, 0.2) is 0 Å². The molecule has 4 aromatic carbocycles. The van der Waals surface area contributed by atoms with Crippen LogP contribution in [0, 0.1) is 6.92 Å². The van der Waals surface area contributed by atoms with Crippen molar-refractivity contribution in [3.05, 3.63) is 121 Å². The van der Waals surface area contributed by atoms with Gasteiger partial charge in [0.25, 0.3) is 0 Å². The average molecular weight is 553 g/mol. The third kappa shape index (κ3) is 18.6. The maximum absolute atomic E-state index is 3.56. The van der Waals surface area contributed by atoms with Crippen LogP contribution in [0.15, 0.2) is 115 Å². The summed E-state index contributed by atoms with van der Waals surface area (Å²) in [4.78, 5) is 0. The summed E-state index contributed by atoms with van der Waals surface area (Å²) in [5, 5.41) is 0. The van der Waals surface area contributed by atoms with Gasteiger partial charge in [0.2, 0.25) is 0 Å². The maximum atomic E-state index is 3.56. The fourth-order valence-corrected chi connectivity index (χ4v) is 3.13. The van der Waals surface area contributed by atoms with Gasteiger partial charge in [0.1, 0.15) is 0 Å². The van der Waals surface area contributed by atoms with Crippen molar-refractivity contribution in [3.63, 3.8) is 0 Å². The van der Waals surface area contributed by atoms with Crippen LogP contribution in [0.5, 0.6) is 0 Å². The zero-order valence-electron chi connectivity index (χ0n) is 28.4. The minimum atomic E-state index is 1.17. The van der Waals surface area contributed by atoms with Crippen LogP contribution in [0.3, 0.4) is 0 Å². The molecule has 41 heavy (non-hydrogen) atoms. The first-order valence-corrected chi connectivity index (χ1v) is 15.8. The number of allylic oxidation sites excluding steroid dienone is 1. The Kier molecular flexibility index (Phi) is 26.0. The predicted molar refractivity (Wildman–Crippen MR) is 192 cm³/mol. The summed E-state index contributed by atoms with van der Waals surface area (Å²) in [7, 11) is 0. The highest BCUT2D eigenvalue weighted by molar-refractivity contribution is 5.81. The van der Waals surface area contributed by atoms with Crippen LogP contribution in [0.4, 0.5) is 0 Å². The first-order chi connectivity index (χ1) is 19.9. The van der Waals surface area contributed by atoms with E-state index in [1.165, 1.54) is 70.2 Å². The molecule has 0 saturated heterocycles. The molecule has 0 nitrogen and oxygen atoms in total. The zero-order valence-corrected chi connectivity index (χ0v) is 28.4. The van der Waals surface area contributed by atoms with E-state index in [-0.39, 0.29) is 0 Å². The van der Waals surface area contributed by atoms with E-state index in [9.17, 15) is 0 Å². The Bertz CT molecular complexity index is 1050. The highest BCUT2D eigenvalue weighted by Gasteiger charge is 2.07. The fraction of sp³-hybridized carbons (Fsp3) is 0.366. The summed E-state index contributed by atoms with van der Waals surface area (Å²) in [6.07, 6.45) is 5.28. The Morgan fingerprint density at radius 3 is 0.927 bits per heavy atom. The third-order valence-corrected chi connectivity index (χ3v) is 5.53. The number of benzene rings is 4. The summed E-state index contributed by atoms with van der Waals surface area (Å²) in [6, 6.07) is 36.8. The summed E-state index contributed by atoms with van der Waals surface area (Å²) in [5.74, 6) is 0. The van der Waals surface area contributed by atoms with Gasteiger partial charge in [-0.1, -0.05) is 177 Å². The molecule has 0 heterocycles. The minimum absolute atomic E-state index is 1.17. The van der Waals surface area contributed by atoms with Gasteiger partial charge < -0.3 is 0 Å². The molecule has 0 N–H and O–H groups in total. The quantitative estimate of drug-likeness (QED) is 0.216. The second kappa shape index (κ2) is 26.8. The van der Waals surface area contributed by atoms with Gasteiger partial charge >= 0.3 is 0 Å². The summed E-state index contributed by atoms with van der Waals surface area (Å²) in [5.41, 5.74) is 9.93. The predicted octanol–water partition coefficient (Wildman–Crippen LogP) is 14.2. The second-order valence-electron chi connectivity index (χ2n) is 9.60. The third-order valence-electron chi connectivity index (χ3n) is 5.53. The molecule has 0 saturated carbocycles. The van der Waals surface area contributed by atoms with Gasteiger partial charge in [-0.25, -0.2) is 0 Å². The van der Waals surface area contributed by atoms with Gasteiger partial charge in [-0.15, -0.1) is 6.58 Å². The second-order valence-corrected chi connectivity index (χ2v) is 9.60. The monoisotopic (exact) mass is 552 g/mol. The Balaban J connectivity index is 0. The molecule has 0 aliphatic heterocycles. The lowest BCUT2D eigenvalue weighted by molar-refractivity contribution is 0.886. The normalized spacial score (nSPS) is 8.85. The molecule has 0 bridgehead atoms. The molecule has 0 fully saturated rings. The number of hydrogen-bond donors (Lipinski definition) is 0. The summed E-state index contributed by atoms with van der Waals surface area (Å²) in [6.45, 7) is 26.3. The maximum Gasteiger partial charge on any atom is -0.0172 e. The highest BCUT2D eigenvalue weighted by atomic mass is 14.1. The fourth-order valence-electron chi connectivity index (χ4n) is 3.13. The van der Waals surface area contributed by atoms with Crippen molar-refractivity contribution < 1.29 is 0 Å². The molecule has 4 aromatic rings. The highest BCUT2D eigenvalue weighted by Crippen LogP contribution is 2.32. The van der Waals surface area contributed by atoms with Crippen LogP contribution in [-0.2, 0) is 0 Å². The van der Waals surface area contributed by atoms with Crippen LogP contribution in [-0.4, -0.2) is 0 Å². The number of hydrogen-bond acceptors (Lipinski definition) is 0. The zero-order chi connectivity index (χ0) is 31.5. The summed E-state index contributed by atoms with van der Waals surface area (Å²) >= 11 is 0. The van der Waals surface area contributed by atoms with Crippen molar-refractivity contribution >= 4 is 0 Å². The van der Waals surface area contributed by atoms with E-state index < -0.39 is 0 Å². The summed E-state index contributed by atoms with van der Waals surface area (Å²) < 4.78 is 0. The smallest absolute Gasteiger partial charge is 0.0172 e. The largest absolute Gasteiger partial charge is 0.100 e. The van der Waals surface area contributed by atoms with E-state index in [0.29, 0.717) is 0 Å². The Labute approximate surface area is 255 Å². The van der Waals surface area contributed by atoms with Gasteiger partial charge in [-0.2, -0.15) is 0 Å². The van der Waals surface area contributed by atoms with Crippen LogP contribution >= 0.6 is 0 Å². The molecule has 0 amide bonds. The van der Waals surface area contributed by atoms with Crippen molar-refractivity contribution in [2.24, 2.45) is 0 Å². The number of unbranched alkanes of at least 4 members (excludes halogenated alkanes) is 2. The molecule has 0 heteroatoms. The number of rotatable bonds is 5. The standard InChI is InChI=1S/C25H20.C4H8.2C4H10.2C2H6/c1-19-12-14-22(15-13-19)25-17-23(20-8-4-2-5-9-20)16-24(18-25)21-10-6-3-7-11-21;1-4(2)3;2*1-3-4-2;2*1-2/h2-18H,1H3;1H2,2-3H3;2*3-4H2,1-2H3;2*1-2H3. The van der Waals surface area contributed by atoms with Crippen LogP contribution in [0.2, 0.25) is 0 Å². The van der Waals surface area contributed by atoms with Gasteiger partial charge in [0, 0.05) is 0 Å². The Morgan fingerprint density at radius 2 is 0.683 bits per heavy atom. The SMILES string of the molecule is C=C(C)C.CC.CC.CCCC.CCCC.Cc1ccc(-c2cc(-c3ccccc3)cc(-c3ccccc3)c2)cc1. The van der Waals surface area contributed by atoms with E-state index in [0.717, 1.165) is 0 Å². The van der Waals surface area contributed by atoms with Gasteiger partial charge in [0.05, 0.1) is 0 Å². The Morgan fingerprint density at radius 1 is 0.439 bits per heavy atom. The lowest BCUT2D eigenvalue weighted by Crippen LogP contribution is -1.86. The van der Waals surface area contributed by atoms with Gasteiger partial charge in [-0.05, 0) is 72.4 Å². The molecular formula is C41H60. The van der Waals surface area contributed by atoms with Crippen molar-refractivity contribution in [1.29, 1.82) is 0 Å². The lowest BCUT2D eigenvalue weighted by atomic mass is 9.93. The molecule has 0 unspecified atom stereocenters. The van der Waals surface area contributed by atoms with Crippen molar-refractivity contribution in [2.75, 3.05) is 0 Å². The molecule has 0 atom stereocenters. The van der Waals surface area contributed by atoms with Gasteiger partial charge in [-0.3, -0.25) is 0 Å². The van der Waals surface area contributed by atoms with Crippen LogP contribution in [0.25, 0.3) is 33.4 Å². The van der Waals surface area contributed by atoms with E-state index in [1.807, 2.05) is 41.5 Å². The van der Waals surface area contributed by atoms with E-state index in [4.69, 9.17) is 0 Å². The molecule has 0 aliphatic rings. The van der Waals surface area contributed by atoms with Crippen molar-refractivity contribution in [2.45, 2.75) is 102 Å². The molecule has 224 valence electrons. The molecule has 0 radical (unpaired) electrons. The molecule has 0 aliphatic carbocycles. The first-order valence-electron chi connectivity index (χ1n) is 15.8. The lowest BCUT2D eigenvalue weighted by Gasteiger charge is -2.11. The number of aryl methyl sites for hydroxylation is 1. The topological polar surface area (TPSA) is 0 Å². The molecular weight excluding hydrogens is 492 g/mol. The van der Waals surface area contributed by atoms with Crippen molar-refractivity contribution in [3.8, 4) is 33.4 Å². The minimum Gasteiger partial charge on any atom is -0.100 e. The van der Waals surface area contributed by atoms with E-state index >= 15 is 0 Å². The van der Waals surface area contributed by atoms with Crippen molar-refractivity contribution in [1.82, 2.24) is 0 Å². The van der Waals surface area contributed by atoms with Crippen LogP contribution in [0.1, 0.15) is 100 Å². The molecule has 0 spiro atoms. The van der Waals surface area contributed by atoms with E-state index in [2.05, 4.69) is 144 Å². The van der Waals surface area contributed by atoms with E-state index in [1.54, 1.807) is 0 Å². The first kappa shape index (κ1) is 39.8. The molecule has 4 rings (SSSR count). The Hall–Kier alpha value is -3.38. The van der Waals surface area contributed by atoms with Crippen LogP contribution < -0.4 is 0 Å². The molecule has 0 aromatic heterocycles.